The zero-order valence-corrected chi connectivity index (χ0v) is 15.2. The Labute approximate surface area is 158 Å². The van der Waals surface area contributed by atoms with Gasteiger partial charge in [-0.2, -0.15) is 0 Å². The predicted molar refractivity (Wildman–Crippen MR) is 104 cm³/mol. The number of benzene rings is 3. The van der Waals surface area contributed by atoms with Crippen molar-refractivity contribution >= 4 is 22.6 Å². The Balaban J connectivity index is 1.76. The van der Waals surface area contributed by atoms with Crippen molar-refractivity contribution in [2.45, 2.75) is 25.9 Å². The first kappa shape index (κ1) is 17.3. The molecule has 1 heterocycles. The average molecular weight is 359 g/mol. The smallest absolute Gasteiger partial charge is 0.329 e. The van der Waals surface area contributed by atoms with E-state index in [1.54, 1.807) is 11.8 Å². The highest BCUT2D eigenvalue weighted by molar-refractivity contribution is 6.08. The summed E-state index contributed by atoms with van der Waals surface area (Å²) in [6.45, 7) is 2.49. The summed E-state index contributed by atoms with van der Waals surface area (Å²) in [5, 5.41) is 1.90. The molecule has 0 fully saturated rings. The number of hydrogen-bond acceptors (Lipinski definition) is 3. The third kappa shape index (κ3) is 3.19. The Hall–Kier alpha value is -3.14. The first-order valence-electron chi connectivity index (χ1n) is 9.21. The van der Waals surface area contributed by atoms with E-state index in [1.165, 1.54) is 0 Å². The summed E-state index contributed by atoms with van der Waals surface area (Å²) < 4.78 is 5.27. The summed E-state index contributed by atoms with van der Waals surface area (Å²) in [6.07, 6.45) is 0.478. The maximum atomic E-state index is 13.5. The fraction of sp³-hybridized carbons (Fsp3) is 0.217. The van der Waals surface area contributed by atoms with Gasteiger partial charge in [0, 0.05) is 18.5 Å². The van der Waals surface area contributed by atoms with Crippen LogP contribution in [0.4, 0.5) is 0 Å². The van der Waals surface area contributed by atoms with E-state index in [2.05, 4.69) is 0 Å². The lowest BCUT2D eigenvalue weighted by atomic mass is 9.92. The lowest BCUT2D eigenvalue weighted by molar-refractivity contribution is -0.149. The van der Waals surface area contributed by atoms with Gasteiger partial charge in [-0.3, -0.25) is 4.79 Å². The van der Waals surface area contributed by atoms with Gasteiger partial charge in [-0.25, -0.2) is 4.79 Å². The molecule has 1 unspecified atom stereocenters. The fourth-order valence-electron chi connectivity index (χ4n) is 3.75. The zero-order valence-electron chi connectivity index (χ0n) is 15.2. The monoisotopic (exact) mass is 359 g/mol. The van der Waals surface area contributed by atoms with Gasteiger partial charge in [0.05, 0.1) is 6.61 Å². The van der Waals surface area contributed by atoms with Crippen molar-refractivity contribution in [1.82, 2.24) is 4.90 Å². The Bertz CT molecular complexity index is 1010. The standard InChI is InChI=1S/C23H21NO3/c1-2-27-23(26)21-14-17-9-3-4-10-18(17)15-24(21)22(25)20-13-7-11-16-8-5-6-12-19(16)20/h3-13,21H,2,14-15H2,1H3. The molecule has 0 saturated heterocycles. The molecule has 0 aromatic heterocycles. The fourth-order valence-corrected chi connectivity index (χ4v) is 3.75. The number of ether oxygens (including phenoxy) is 1. The van der Waals surface area contributed by atoms with Crippen LogP contribution in [0.2, 0.25) is 0 Å². The van der Waals surface area contributed by atoms with Crippen LogP contribution < -0.4 is 0 Å². The predicted octanol–water partition coefficient (Wildman–Crippen LogP) is 3.97. The van der Waals surface area contributed by atoms with Crippen molar-refractivity contribution < 1.29 is 14.3 Å². The van der Waals surface area contributed by atoms with E-state index >= 15 is 0 Å². The van der Waals surface area contributed by atoms with E-state index in [9.17, 15) is 9.59 Å². The molecular weight excluding hydrogens is 338 g/mol. The molecule has 1 atom stereocenters. The van der Waals surface area contributed by atoms with Gasteiger partial charge >= 0.3 is 5.97 Å². The van der Waals surface area contributed by atoms with E-state index in [0.717, 1.165) is 21.9 Å². The molecule has 0 N–H and O–H groups in total. The molecule has 4 nitrogen and oxygen atoms in total. The van der Waals surface area contributed by atoms with Crippen molar-refractivity contribution in [3.05, 3.63) is 83.4 Å². The summed E-state index contributed by atoms with van der Waals surface area (Å²) in [5.74, 6) is -0.486. The minimum atomic E-state index is -0.605. The maximum Gasteiger partial charge on any atom is 0.329 e. The van der Waals surface area contributed by atoms with Gasteiger partial charge in [0.1, 0.15) is 6.04 Å². The Kier molecular flexibility index (Phi) is 4.63. The van der Waals surface area contributed by atoms with Crippen LogP contribution in [0.1, 0.15) is 28.4 Å². The van der Waals surface area contributed by atoms with E-state index in [1.807, 2.05) is 66.7 Å². The summed E-state index contributed by atoms with van der Waals surface area (Å²) in [6, 6.07) is 20.9. The van der Waals surface area contributed by atoms with Crippen LogP contribution in [0.15, 0.2) is 66.7 Å². The minimum Gasteiger partial charge on any atom is -0.464 e. The van der Waals surface area contributed by atoms with Gasteiger partial charge in [-0.15, -0.1) is 0 Å². The molecule has 4 rings (SSSR count). The van der Waals surface area contributed by atoms with Crippen molar-refractivity contribution in [2.75, 3.05) is 6.61 Å². The number of carbonyl (C=O) groups excluding carboxylic acids is 2. The SMILES string of the molecule is CCOC(=O)C1Cc2ccccc2CN1C(=O)c1cccc2ccccc12. The number of hydrogen-bond donors (Lipinski definition) is 0. The molecule has 0 radical (unpaired) electrons. The molecule has 1 amide bonds. The summed E-state index contributed by atoms with van der Waals surface area (Å²) in [7, 11) is 0. The Morgan fingerprint density at radius 1 is 0.963 bits per heavy atom. The lowest BCUT2D eigenvalue weighted by Crippen LogP contribution is -2.49. The van der Waals surface area contributed by atoms with Crippen LogP contribution in [0.25, 0.3) is 10.8 Å². The third-order valence-electron chi connectivity index (χ3n) is 5.09. The molecule has 1 aliphatic rings. The number of rotatable bonds is 3. The topological polar surface area (TPSA) is 46.6 Å². The first-order valence-corrected chi connectivity index (χ1v) is 9.21. The molecule has 3 aromatic carbocycles. The third-order valence-corrected chi connectivity index (χ3v) is 5.09. The number of nitrogens with zero attached hydrogens (tertiary/aromatic N) is 1. The summed E-state index contributed by atoms with van der Waals surface area (Å²) >= 11 is 0. The van der Waals surface area contributed by atoms with Crippen molar-refractivity contribution in [3.8, 4) is 0 Å². The van der Waals surface area contributed by atoms with Gasteiger partial charge in [-0.05, 0) is 34.9 Å². The largest absolute Gasteiger partial charge is 0.464 e. The minimum absolute atomic E-state index is 0.139. The Morgan fingerprint density at radius 3 is 2.48 bits per heavy atom. The molecule has 0 saturated carbocycles. The van der Waals surface area contributed by atoms with Crippen molar-refractivity contribution in [2.24, 2.45) is 0 Å². The number of fused-ring (bicyclic) bond motifs is 2. The van der Waals surface area contributed by atoms with Crippen molar-refractivity contribution in [3.63, 3.8) is 0 Å². The zero-order chi connectivity index (χ0) is 18.8. The van der Waals surface area contributed by atoms with Crippen LogP contribution >= 0.6 is 0 Å². The highest BCUT2D eigenvalue weighted by Gasteiger charge is 2.36. The first-order chi connectivity index (χ1) is 13.2. The van der Waals surface area contributed by atoms with Crippen LogP contribution in [0.5, 0.6) is 0 Å². The highest BCUT2D eigenvalue weighted by Crippen LogP contribution is 2.28. The van der Waals surface area contributed by atoms with Gasteiger partial charge in [0.25, 0.3) is 5.91 Å². The van der Waals surface area contributed by atoms with Gasteiger partial charge in [0.15, 0.2) is 0 Å². The molecule has 0 bridgehead atoms. The van der Waals surface area contributed by atoms with E-state index in [-0.39, 0.29) is 11.9 Å². The van der Waals surface area contributed by atoms with E-state index in [4.69, 9.17) is 4.74 Å². The second-order valence-corrected chi connectivity index (χ2v) is 6.70. The van der Waals surface area contributed by atoms with E-state index in [0.29, 0.717) is 25.1 Å². The van der Waals surface area contributed by atoms with Crippen molar-refractivity contribution in [1.29, 1.82) is 0 Å². The van der Waals surface area contributed by atoms with Crippen LogP contribution in [-0.2, 0) is 22.5 Å². The molecular formula is C23H21NO3. The van der Waals surface area contributed by atoms with Crippen LogP contribution in [0.3, 0.4) is 0 Å². The highest BCUT2D eigenvalue weighted by atomic mass is 16.5. The normalized spacial score (nSPS) is 16.0. The number of esters is 1. The molecule has 1 aliphatic heterocycles. The van der Waals surface area contributed by atoms with Crippen LogP contribution in [-0.4, -0.2) is 29.4 Å². The average Bonchev–Trinajstić information content (AvgIpc) is 2.72. The molecule has 3 aromatic rings. The molecule has 4 heteroatoms. The summed E-state index contributed by atoms with van der Waals surface area (Å²) in [5.41, 5.74) is 2.78. The summed E-state index contributed by atoms with van der Waals surface area (Å²) in [4.78, 5) is 27.7. The quantitative estimate of drug-likeness (QED) is 0.665. The molecule has 136 valence electrons. The van der Waals surface area contributed by atoms with Crippen LogP contribution in [0, 0.1) is 0 Å². The molecule has 0 aliphatic carbocycles. The van der Waals surface area contributed by atoms with E-state index < -0.39 is 6.04 Å². The second-order valence-electron chi connectivity index (χ2n) is 6.70. The second kappa shape index (κ2) is 7.23. The van der Waals surface area contributed by atoms with Gasteiger partial charge in [-0.1, -0.05) is 60.7 Å². The Morgan fingerprint density at radius 2 is 1.67 bits per heavy atom. The maximum absolute atomic E-state index is 13.5. The lowest BCUT2D eigenvalue weighted by Gasteiger charge is -2.35. The molecule has 27 heavy (non-hydrogen) atoms. The molecule has 0 spiro atoms. The number of carbonyl (C=O) groups is 2. The van der Waals surface area contributed by atoms with Gasteiger partial charge < -0.3 is 9.64 Å². The number of amides is 1. The van der Waals surface area contributed by atoms with Gasteiger partial charge in [0.2, 0.25) is 0 Å².